The Hall–Kier alpha value is -4.24. The average Bonchev–Trinajstić information content (AvgIpc) is 2.86. The van der Waals surface area contributed by atoms with Crippen LogP contribution >= 0.6 is 0 Å². The van der Waals surface area contributed by atoms with E-state index in [1.54, 1.807) is 19.2 Å². The third-order valence-corrected chi connectivity index (χ3v) is 6.99. The first-order valence-corrected chi connectivity index (χ1v) is 13.0. The zero-order valence-corrected chi connectivity index (χ0v) is 22.0. The number of nitrogens with zero attached hydrogens (tertiary/aromatic N) is 2. The molecule has 0 radical (unpaired) electrons. The van der Waals surface area contributed by atoms with Crippen LogP contribution in [-0.4, -0.2) is 31.4 Å². The number of pyridine rings is 2. The number of hydrogen-bond donors (Lipinski definition) is 1. The van der Waals surface area contributed by atoms with Crippen molar-refractivity contribution in [3.8, 4) is 28.6 Å². The zero-order chi connectivity index (χ0) is 26.7. The summed E-state index contributed by atoms with van der Waals surface area (Å²) in [4.78, 5) is 21.7. The summed E-state index contributed by atoms with van der Waals surface area (Å²) in [6.07, 6.45) is 1.34. The molecular formula is C28H27N3O5S. The van der Waals surface area contributed by atoms with Crippen LogP contribution in [0.25, 0.3) is 11.3 Å². The van der Waals surface area contributed by atoms with Gasteiger partial charge in [0.2, 0.25) is 5.88 Å². The highest BCUT2D eigenvalue weighted by Gasteiger charge is 2.25. The van der Waals surface area contributed by atoms with Crippen molar-refractivity contribution in [2.75, 3.05) is 7.11 Å². The quantitative estimate of drug-likeness (QED) is 0.355. The number of carbonyl (C=O) groups excluding carboxylic acids is 1. The predicted octanol–water partition coefficient (Wildman–Crippen LogP) is 5.30. The van der Waals surface area contributed by atoms with Crippen LogP contribution in [0.3, 0.4) is 0 Å². The van der Waals surface area contributed by atoms with Crippen molar-refractivity contribution in [2.45, 2.75) is 32.7 Å². The Bertz CT molecular complexity index is 1560. The molecule has 37 heavy (non-hydrogen) atoms. The highest BCUT2D eigenvalue weighted by atomic mass is 32.2. The van der Waals surface area contributed by atoms with Crippen molar-refractivity contribution in [3.63, 3.8) is 0 Å². The van der Waals surface area contributed by atoms with Gasteiger partial charge >= 0.3 is 0 Å². The summed E-state index contributed by atoms with van der Waals surface area (Å²) in [7, 11) is -2.64. The van der Waals surface area contributed by atoms with E-state index in [4.69, 9.17) is 9.47 Å². The third-order valence-electron chi connectivity index (χ3n) is 5.74. The van der Waals surface area contributed by atoms with Crippen LogP contribution in [-0.2, 0) is 10.0 Å². The van der Waals surface area contributed by atoms with E-state index in [1.165, 1.54) is 24.4 Å². The minimum Gasteiger partial charge on any atom is -0.496 e. The van der Waals surface area contributed by atoms with E-state index in [0.29, 0.717) is 22.8 Å². The number of nitrogens with one attached hydrogen (secondary N) is 1. The van der Waals surface area contributed by atoms with Gasteiger partial charge in [-0.2, -0.15) is 8.42 Å². The average molecular weight is 518 g/mol. The number of sulfonamides is 1. The van der Waals surface area contributed by atoms with E-state index in [0.717, 1.165) is 22.3 Å². The SMILES string of the molecule is COc1c(C)cccc1-c1ccc(C(=O)NS(=O)(=O)c2ccccn2)c(Oc2c(C)cc(C)cc2C)n1. The molecule has 2 aromatic carbocycles. The molecule has 0 fully saturated rings. The molecule has 4 aromatic rings. The summed E-state index contributed by atoms with van der Waals surface area (Å²) < 4.78 is 39.4. The van der Waals surface area contributed by atoms with Crippen molar-refractivity contribution in [1.29, 1.82) is 0 Å². The second-order valence-electron chi connectivity index (χ2n) is 8.64. The van der Waals surface area contributed by atoms with Gasteiger partial charge in [0.05, 0.1) is 12.8 Å². The topological polar surface area (TPSA) is 107 Å². The van der Waals surface area contributed by atoms with Gasteiger partial charge in [0, 0.05) is 11.8 Å². The van der Waals surface area contributed by atoms with E-state index in [2.05, 4.69) is 14.7 Å². The van der Waals surface area contributed by atoms with Crippen LogP contribution in [0.5, 0.6) is 17.4 Å². The number of hydrogen-bond acceptors (Lipinski definition) is 7. The lowest BCUT2D eigenvalue weighted by molar-refractivity contribution is 0.0978. The summed E-state index contributed by atoms with van der Waals surface area (Å²) in [5.74, 6) is 0.245. The highest BCUT2D eigenvalue weighted by molar-refractivity contribution is 7.90. The lowest BCUT2D eigenvalue weighted by Gasteiger charge is -2.17. The van der Waals surface area contributed by atoms with Crippen LogP contribution in [0, 0.1) is 27.7 Å². The molecular weight excluding hydrogens is 490 g/mol. The van der Waals surface area contributed by atoms with Gasteiger partial charge in [0.25, 0.3) is 15.9 Å². The third kappa shape index (κ3) is 5.46. The summed E-state index contributed by atoms with van der Waals surface area (Å²) >= 11 is 0. The first-order valence-electron chi connectivity index (χ1n) is 11.5. The second-order valence-corrected chi connectivity index (χ2v) is 10.3. The first kappa shape index (κ1) is 25.8. The minimum atomic E-state index is -4.21. The van der Waals surface area contributed by atoms with Crippen LogP contribution in [0.1, 0.15) is 32.6 Å². The van der Waals surface area contributed by atoms with Gasteiger partial charge in [0.1, 0.15) is 17.1 Å². The molecule has 0 aliphatic carbocycles. The maximum absolute atomic E-state index is 13.2. The standard InChI is InChI=1S/C28H27N3O5S/c1-17-15-19(3)25(20(4)16-17)36-28-22(27(32)31-37(33,34)24-11-6-7-14-29-24)12-13-23(30-28)21-10-8-9-18(2)26(21)35-5/h6-16H,1-5H3,(H,31,32). The Balaban J connectivity index is 1.82. The second kappa shape index (κ2) is 10.4. The molecule has 190 valence electrons. The normalized spacial score (nSPS) is 11.2. The Morgan fingerprint density at radius 1 is 0.865 bits per heavy atom. The van der Waals surface area contributed by atoms with Crippen molar-refractivity contribution in [3.05, 3.63) is 94.7 Å². The Kier molecular flexibility index (Phi) is 7.26. The molecule has 0 saturated heterocycles. The number of methoxy groups -OCH3 is 1. The summed E-state index contributed by atoms with van der Waals surface area (Å²) in [6, 6.07) is 17.1. The first-order chi connectivity index (χ1) is 17.6. The van der Waals surface area contributed by atoms with Crippen molar-refractivity contribution in [1.82, 2.24) is 14.7 Å². The van der Waals surface area contributed by atoms with E-state index in [1.807, 2.05) is 58.0 Å². The molecule has 0 saturated carbocycles. The molecule has 1 amide bonds. The van der Waals surface area contributed by atoms with Crippen LogP contribution in [0.2, 0.25) is 0 Å². The fourth-order valence-electron chi connectivity index (χ4n) is 4.13. The molecule has 4 rings (SSSR count). The molecule has 0 unspecified atom stereocenters. The van der Waals surface area contributed by atoms with Gasteiger partial charge in [-0.05, 0) is 74.7 Å². The lowest BCUT2D eigenvalue weighted by Crippen LogP contribution is -2.31. The van der Waals surface area contributed by atoms with Crippen LogP contribution in [0.4, 0.5) is 0 Å². The molecule has 1 N–H and O–H groups in total. The molecule has 9 heteroatoms. The Morgan fingerprint density at radius 2 is 1.59 bits per heavy atom. The lowest BCUT2D eigenvalue weighted by atomic mass is 10.1. The highest BCUT2D eigenvalue weighted by Crippen LogP contribution is 2.36. The van der Waals surface area contributed by atoms with Gasteiger partial charge in [-0.1, -0.05) is 35.9 Å². The smallest absolute Gasteiger partial charge is 0.281 e. The molecule has 0 atom stereocenters. The predicted molar refractivity (Wildman–Crippen MR) is 141 cm³/mol. The number of benzene rings is 2. The van der Waals surface area contributed by atoms with Gasteiger partial charge in [-0.3, -0.25) is 4.79 Å². The molecule has 0 aliphatic heterocycles. The number of amides is 1. The molecule has 2 aromatic heterocycles. The number of aryl methyl sites for hydroxylation is 4. The number of para-hydroxylation sites is 1. The molecule has 0 aliphatic rings. The van der Waals surface area contributed by atoms with E-state index in [-0.39, 0.29) is 16.5 Å². The maximum atomic E-state index is 13.2. The molecule has 0 spiro atoms. The van der Waals surface area contributed by atoms with Crippen LogP contribution in [0.15, 0.2) is 71.9 Å². The maximum Gasteiger partial charge on any atom is 0.281 e. The monoisotopic (exact) mass is 517 g/mol. The van der Waals surface area contributed by atoms with Crippen LogP contribution < -0.4 is 14.2 Å². The summed E-state index contributed by atoms with van der Waals surface area (Å²) in [5.41, 5.74) is 4.84. The van der Waals surface area contributed by atoms with Gasteiger partial charge in [-0.25, -0.2) is 14.7 Å². The Labute approximate surface area is 216 Å². The zero-order valence-electron chi connectivity index (χ0n) is 21.2. The number of ether oxygens (including phenoxy) is 2. The minimum absolute atomic E-state index is 0.0372. The number of carbonyl (C=O) groups is 1. The van der Waals surface area contributed by atoms with Crippen molar-refractivity contribution < 1.29 is 22.7 Å². The number of aromatic nitrogens is 2. The van der Waals surface area contributed by atoms with Gasteiger partial charge < -0.3 is 9.47 Å². The van der Waals surface area contributed by atoms with E-state index >= 15 is 0 Å². The molecule has 8 nitrogen and oxygen atoms in total. The summed E-state index contributed by atoms with van der Waals surface area (Å²) in [5, 5.41) is -0.273. The summed E-state index contributed by atoms with van der Waals surface area (Å²) in [6.45, 7) is 7.69. The van der Waals surface area contributed by atoms with Crippen molar-refractivity contribution in [2.24, 2.45) is 0 Å². The van der Waals surface area contributed by atoms with Gasteiger partial charge in [0.15, 0.2) is 5.03 Å². The fourth-order valence-corrected chi connectivity index (χ4v) is 5.04. The molecule has 2 heterocycles. The van der Waals surface area contributed by atoms with Crippen molar-refractivity contribution >= 4 is 15.9 Å². The fraction of sp³-hybridized carbons (Fsp3) is 0.179. The molecule has 0 bridgehead atoms. The number of rotatable bonds is 7. The Morgan fingerprint density at radius 3 is 2.24 bits per heavy atom. The van der Waals surface area contributed by atoms with E-state index in [9.17, 15) is 13.2 Å². The largest absolute Gasteiger partial charge is 0.496 e. The van der Waals surface area contributed by atoms with Gasteiger partial charge in [-0.15, -0.1) is 0 Å². The van der Waals surface area contributed by atoms with E-state index < -0.39 is 15.9 Å².